The van der Waals surface area contributed by atoms with E-state index in [1.165, 1.54) is 6.20 Å². The minimum Gasteiger partial charge on any atom is -0.364 e. The van der Waals surface area contributed by atoms with Crippen LogP contribution in [0.5, 0.6) is 0 Å². The summed E-state index contributed by atoms with van der Waals surface area (Å²) in [5.74, 6) is -1.93. The van der Waals surface area contributed by atoms with Crippen molar-refractivity contribution in [2.24, 2.45) is 0 Å². The van der Waals surface area contributed by atoms with Crippen molar-refractivity contribution in [2.75, 3.05) is 10.5 Å². The van der Waals surface area contributed by atoms with Crippen LogP contribution in [0.1, 0.15) is 30.7 Å². The molecule has 6 nitrogen and oxygen atoms in total. The van der Waals surface area contributed by atoms with E-state index in [2.05, 4.69) is 14.7 Å². The number of rotatable bonds is 7. The number of hydrogen-bond donors (Lipinski definition) is 1. The van der Waals surface area contributed by atoms with Gasteiger partial charge in [0.15, 0.2) is 5.82 Å². The summed E-state index contributed by atoms with van der Waals surface area (Å²) in [7, 11) is -3.69. The number of epoxide rings is 1. The summed E-state index contributed by atoms with van der Waals surface area (Å²) in [6, 6.07) is 3.71. The molecule has 3 rings (SSSR count). The molecule has 0 aliphatic carbocycles. The van der Waals surface area contributed by atoms with Gasteiger partial charge in [-0.25, -0.2) is 27.2 Å². The van der Waals surface area contributed by atoms with Crippen LogP contribution in [0.3, 0.4) is 0 Å². The fraction of sp³-hybridized carbons (Fsp3) is 0.375. The zero-order chi connectivity index (χ0) is 18.9. The maximum absolute atomic E-state index is 14.7. The number of nitrogens with zero attached hydrogens (tertiary/aromatic N) is 2. The molecule has 10 heteroatoms. The molecule has 2 atom stereocenters. The summed E-state index contributed by atoms with van der Waals surface area (Å²) in [6.07, 6.45) is 0.858. The number of anilines is 1. The molecule has 1 saturated heterocycles. The van der Waals surface area contributed by atoms with Gasteiger partial charge in [0.05, 0.1) is 23.1 Å². The van der Waals surface area contributed by atoms with Crippen LogP contribution in [0.15, 0.2) is 24.4 Å². The van der Waals surface area contributed by atoms with Crippen LogP contribution >= 0.6 is 11.6 Å². The predicted molar refractivity (Wildman–Crippen MR) is 92.4 cm³/mol. The summed E-state index contributed by atoms with van der Waals surface area (Å²) in [5, 5.41) is 0.0735. The summed E-state index contributed by atoms with van der Waals surface area (Å²) in [4.78, 5) is 7.77. The monoisotopic (exact) mass is 403 g/mol. The fourth-order valence-electron chi connectivity index (χ4n) is 2.64. The molecule has 1 N–H and O–H groups in total. The molecule has 1 aliphatic heterocycles. The van der Waals surface area contributed by atoms with E-state index in [9.17, 15) is 17.2 Å². The highest BCUT2D eigenvalue weighted by Crippen LogP contribution is 2.44. The first kappa shape index (κ1) is 18.9. The average Bonchev–Trinajstić information content (AvgIpc) is 3.29. The molecule has 1 aromatic heterocycles. The lowest BCUT2D eigenvalue weighted by Gasteiger charge is -2.11. The first-order valence-electron chi connectivity index (χ1n) is 7.92. The van der Waals surface area contributed by atoms with E-state index < -0.39 is 33.9 Å². The van der Waals surface area contributed by atoms with Crippen LogP contribution in [-0.2, 0) is 21.2 Å². The second-order valence-electron chi connectivity index (χ2n) is 5.86. The molecule has 1 aliphatic rings. The first-order chi connectivity index (χ1) is 12.3. The number of nitrogens with one attached hydrogen (secondary N) is 1. The maximum Gasteiger partial charge on any atom is 0.232 e. The minimum atomic E-state index is -3.69. The van der Waals surface area contributed by atoms with Gasteiger partial charge in [-0.15, -0.1) is 0 Å². The van der Waals surface area contributed by atoms with Crippen LogP contribution in [0.25, 0.3) is 0 Å². The molecule has 0 amide bonds. The maximum atomic E-state index is 14.7. The topological polar surface area (TPSA) is 84.5 Å². The highest BCUT2D eigenvalue weighted by Gasteiger charge is 2.44. The lowest BCUT2D eigenvalue weighted by molar-refractivity contribution is 0.363. The van der Waals surface area contributed by atoms with Crippen LogP contribution in [0.2, 0.25) is 5.28 Å². The average molecular weight is 404 g/mol. The highest BCUT2D eigenvalue weighted by molar-refractivity contribution is 7.92. The Morgan fingerprint density at radius 1 is 1.31 bits per heavy atom. The van der Waals surface area contributed by atoms with Crippen molar-refractivity contribution < 1.29 is 21.9 Å². The zero-order valence-electron chi connectivity index (χ0n) is 13.7. The van der Waals surface area contributed by atoms with Crippen molar-refractivity contribution in [1.29, 1.82) is 0 Å². The lowest BCUT2D eigenvalue weighted by atomic mass is 10.0. The SMILES string of the molecule is CCCS(=O)(=O)Nc1ccc(F)c(C2OC2Cc2ccnc(Cl)n2)c1F. The van der Waals surface area contributed by atoms with E-state index in [4.69, 9.17) is 16.3 Å². The molecule has 26 heavy (non-hydrogen) atoms. The van der Waals surface area contributed by atoms with Gasteiger partial charge in [-0.1, -0.05) is 6.92 Å². The van der Waals surface area contributed by atoms with Gasteiger partial charge < -0.3 is 4.74 Å². The van der Waals surface area contributed by atoms with Gasteiger partial charge in [0.2, 0.25) is 15.3 Å². The lowest BCUT2D eigenvalue weighted by Crippen LogP contribution is -2.17. The van der Waals surface area contributed by atoms with E-state index in [1.54, 1.807) is 13.0 Å². The Kier molecular flexibility index (Phi) is 5.40. The molecule has 1 aromatic carbocycles. The van der Waals surface area contributed by atoms with Gasteiger partial charge in [0.1, 0.15) is 11.9 Å². The van der Waals surface area contributed by atoms with Crippen molar-refractivity contribution >= 4 is 27.3 Å². The number of halogens is 3. The molecule has 0 spiro atoms. The summed E-state index contributed by atoms with van der Waals surface area (Å²) < 4.78 is 60.0. The van der Waals surface area contributed by atoms with E-state index >= 15 is 0 Å². The molecule has 0 bridgehead atoms. The predicted octanol–water partition coefficient (Wildman–Crippen LogP) is 3.24. The third-order valence-corrected chi connectivity index (χ3v) is 5.48. The normalized spacial score (nSPS) is 19.4. The standard InChI is InChI=1S/C16H16ClF2N3O3S/c1-2-7-26(23,24)22-11-4-3-10(18)13(14(11)19)15-12(25-15)8-9-5-6-20-16(17)21-9/h3-6,12,15,22H,2,7-8H2,1H3. The van der Waals surface area contributed by atoms with Gasteiger partial charge in [-0.3, -0.25) is 4.72 Å². The molecule has 1 fully saturated rings. The second-order valence-corrected chi connectivity index (χ2v) is 8.04. The van der Waals surface area contributed by atoms with Gasteiger partial charge in [0.25, 0.3) is 0 Å². The Morgan fingerprint density at radius 2 is 2.08 bits per heavy atom. The summed E-state index contributed by atoms with van der Waals surface area (Å²) in [5.41, 5.74) is -0.0147. The van der Waals surface area contributed by atoms with Crippen molar-refractivity contribution in [1.82, 2.24) is 9.97 Å². The Labute approximate surface area is 154 Å². The summed E-state index contributed by atoms with van der Waals surface area (Å²) in [6.45, 7) is 1.69. The quantitative estimate of drug-likeness (QED) is 0.566. The molecule has 2 aromatic rings. The fourth-order valence-corrected chi connectivity index (χ4v) is 3.93. The molecule has 0 radical (unpaired) electrons. The largest absolute Gasteiger partial charge is 0.364 e. The Bertz CT molecular complexity index is 927. The van der Waals surface area contributed by atoms with E-state index in [0.29, 0.717) is 18.5 Å². The van der Waals surface area contributed by atoms with Gasteiger partial charge in [-0.05, 0) is 36.2 Å². The third-order valence-electron chi connectivity index (χ3n) is 3.83. The van der Waals surface area contributed by atoms with Gasteiger partial charge in [0, 0.05) is 18.3 Å². The molecular formula is C16H16ClF2N3O3S. The highest BCUT2D eigenvalue weighted by atomic mass is 35.5. The van der Waals surface area contributed by atoms with Crippen LogP contribution in [0, 0.1) is 11.6 Å². The summed E-state index contributed by atoms with van der Waals surface area (Å²) >= 11 is 5.71. The molecule has 0 saturated carbocycles. The number of benzene rings is 1. The molecule has 2 unspecified atom stereocenters. The molecule has 140 valence electrons. The number of aromatic nitrogens is 2. The Morgan fingerprint density at radius 3 is 2.77 bits per heavy atom. The first-order valence-corrected chi connectivity index (χ1v) is 9.95. The third kappa shape index (κ3) is 4.28. The van der Waals surface area contributed by atoms with E-state index in [0.717, 1.165) is 12.1 Å². The van der Waals surface area contributed by atoms with Crippen molar-refractivity contribution in [3.05, 3.63) is 52.6 Å². The Balaban J connectivity index is 1.79. The van der Waals surface area contributed by atoms with E-state index in [-0.39, 0.29) is 22.3 Å². The minimum absolute atomic E-state index is 0.0735. The van der Waals surface area contributed by atoms with Crippen LogP contribution in [0.4, 0.5) is 14.5 Å². The second kappa shape index (κ2) is 7.42. The van der Waals surface area contributed by atoms with Crippen molar-refractivity contribution in [3.8, 4) is 0 Å². The molecule has 2 heterocycles. The van der Waals surface area contributed by atoms with Gasteiger partial charge in [-0.2, -0.15) is 0 Å². The zero-order valence-corrected chi connectivity index (χ0v) is 15.3. The number of sulfonamides is 1. The number of ether oxygens (including phenoxy) is 1. The number of hydrogen-bond acceptors (Lipinski definition) is 5. The van der Waals surface area contributed by atoms with Crippen LogP contribution in [-0.4, -0.2) is 30.2 Å². The van der Waals surface area contributed by atoms with Crippen molar-refractivity contribution in [2.45, 2.75) is 32.0 Å². The smallest absolute Gasteiger partial charge is 0.232 e. The van der Waals surface area contributed by atoms with Gasteiger partial charge >= 0.3 is 0 Å². The van der Waals surface area contributed by atoms with Crippen LogP contribution < -0.4 is 4.72 Å². The molecular weight excluding hydrogens is 388 g/mol. The Hall–Kier alpha value is -1.84. The van der Waals surface area contributed by atoms with Crippen molar-refractivity contribution in [3.63, 3.8) is 0 Å². The van der Waals surface area contributed by atoms with E-state index in [1.807, 2.05) is 0 Å².